The van der Waals surface area contributed by atoms with Gasteiger partial charge in [-0.05, 0) is 33.9 Å². The van der Waals surface area contributed by atoms with Crippen molar-refractivity contribution in [2.45, 2.75) is 45.1 Å². The van der Waals surface area contributed by atoms with E-state index in [0.29, 0.717) is 0 Å². The fraction of sp³-hybridized carbons (Fsp3) is 0.812. The molecule has 8 nitrogen and oxygen atoms in total. The number of hydrogen-bond donors (Lipinski definition) is 3. The SMILES string of the molecule is CC(NCCN(C)C)C(=O)N1CCCCCCC1.O=C(O)C(=O)O. The largest absolute Gasteiger partial charge is 0.473 e. The van der Waals surface area contributed by atoms with Crippen molar-refractivity contribution in [1.29, 1.82) is 0 Å². The Morgan fingerprint density at radius 1 is 1.00 bits per heavy atom. The van der Waals surface area contributed by atoms with Crippen molar-refractivity contribution in [2.75, 3.05) is 40.3 Å². The second-order valence-corrected chi connectivity index (χ2v) is 6.18. The summed E-state index contributed by atoms with van der Waals surface area (Å²) in [5.74, 6) is -3.37. The Balaban J connectivity index is 0.000000754. The van der Waals surface area contributed by atoms with Crippen LogP contribution in [0.2, 0.25) is 0 Å². The van der Waals surface area contributed by atoms with Crippen LogP contribution in [0.25, 0.3) is 0 Å². The maximum atomic E-state index is 12.3. The minimum Gasteiger partial charge on any atom is -0.473 e. The number of amides is 1. The molecule has 1 aliphatic rings. The average Bonchev–Trinajstić information content (AvgIpc) is 2.46. The van der Waals surface area contributed by atoms with E-state index in [1.165, 1.54) is 19.3 Å². The summed E-state index contributed by atoms with van der Waals surface area (Å²) in [5.41, 5.74) is 0. The molecule has 1 rings (SSSR count). The van der Waals surface area contributed by atoms with Gasteiger partial charge in [0.1, 0.15) is 0 Å². The van der Waals surface area contributed by atoms with Crippen molar-refractivity contribution in [2.24, 2.45) is 0 Å². The maximum absolute atomic E-state index is 12.3. The zero-order valence-electron chi connectivity index (χ0n) is 15.0. The van der Waals surface area contributed by atoms with Crippen LogP contribution in [-0.2, 0) is 14.4 Å². The van der Waals surface area contributed by atoms with Gasteiger partial charge in [0.05, 0.1) is 6.04 Å². The lowest BCUT2D eigenvalue weighted by Crippen LogP contribution is -2.47. The third kappa shape index (κ3) is 11.0. The number of likely N-dealkylation sites (N-methyl/N-ethyl adjacent to an activating group) is 1. The zero-order chi connectivity index (χ0) is 18.5. The summed E-state index contributed by atoms with van der Waals surface area (Å²) < 4.78 is 0. The van der Waals surface area contributed by atoms with Crippen molar-refractivity contribution in [1.82, 2.24) is 15.1 Å². The number of carboxylic acids is 2. The van der Waals surface area contributed by atoms with Crippen molar-refractivity contribution >= 4 is 17.8 Å². The van der Waals surface area contributed by atoms with Crippen LogP contribution in [0.3, 0.4) is 0 Å². The molecule has 8 heteroatoms. The number of rotatable bonds is 5. The molecule has 0 aromatic rings. The molecule has 0 aliphatic carbocycles. The van der Waals surface area contributed by atoms with Crippen LogP contribution >= 0.6 is 0 Å². The minimum absolute atomic E-state index is 0.0515. The summed E-state index contributed by atoms with van der Waals surface area (Å²) in [6, 6.07) is -0.0515. The molecule has 0 radical (unpaired) electrons. The van der Waals surface area contributed by atoms with E-state index in [-0.39, 0.29) is 11.9 Å². The van der Waals surface area contributed by atoms with Gasteiger partial charge in [-0.15, -0.1) is 0 Å². The molecule has 0 bridgehead atoms. The summed E-state index contributed by atoms with van der Waals surface area (Å²) in [5, 5.41) is 18.1. The Kier molecular flexibility index (Phi) is 11.8. The third-order valence-corrected chi connectivity index (χ3v) is 3.73. The van der Waals surface area contributed by atoms with Crippen LogP contribution in [-0.4, -0.2) is 84.2 Å². The molecule has 1 fully saturated rings. The van der Waals surface area contributed by atoms with Crippen LogP contribution in [0.4, 0.5) is 0 Å². The second kappa shape index (κ2) is 12.7. The average molecular weight is 345 g/mol. The van der Waals surface area contributed by atoms with E-state index in [1.54, 1.807) is 0 Å². The maximum Gasteiger partial charge on any atom is 0.414 e. The smallest absolute Gasteiger partial charge is 0.414 e. The lowest BCUT2D eigenvalue weighted by molar-refractivity contribution is -0.159. The number of hydrogen-bond acceptors (Lipinski definition) is 5. The Morgan fingerprint density at radius 2 is 1.46 bits per heavy atom. The molecule has 1 amide bonds. The van der Waals surface area contributed by atoms with Gasteiger partial charge in [-0.1, -0.05) is 19.3 Å². The molecule has 0 spiro atoms. The first-order valence-electron chi connectivity index (χ1n) is 8.38. The monoisotopic (exact) mass is 345 g/mol. The van der Waals surface area contributed by atoms with Crippen LogP contribution in [0, 0.1) is 0 Å². The zero-order valence-corrected chi connectivity index (χ0v) is 15.0. The highest BCUT2D eigenvalue weighted by molar-refractivity contribution is 6.27. The van der Waals surface area contributed by atoms with Gasteiger partial charge >= 0.3 is 11.9 Å². The molecule has 0 saturated carbocycles. The van der Waals surface area contributed by atoms with E-state index in [0.717, 1.165) is 39.0 Å². The molecule has 1 atom stereocenters. The van der Waals surface area contributed by atoms with Gasteiger partial charge in [-0.25, -0.2) is 9.59 Å². The summed E-state index contributed by atoms with van der Waals surface area (Å²) in [4.78, 5) is 34.7. The molecule has 1 heterocycles. The number of carbonyl (C=O) groups excluding carboxylic acids is 1. The normalized spacial score (nSPS) is 16.4. The van der Waals surface area contributed by atoms with E-state index in [1.807, 2.05) is 25.9 Å². The quantitative estimate of drug-likeness (QED) is 0.621. The number of carbonyl (C=O) groups is 3. The van der Waals surface area contributed by atoms with Crippen molar-refractivity contribution < 1.29 is 24.6 Å². The number of aliphatic carboxylic acids is 2. The molecular weight excluding hydrogens is 314 g/mol. The third-order valence-electron chi connectivity index (χ3n) is 3.73. The summed E-state index contributed by atoms with van der Waals surface area (Å²) >= 11 is 0. The fourth-order valence-corrected chi connectivity index (χ4v) is 2.33. The Bertz CT molecular complexity index is 381. The van der Waals surface area contributed by atoms with E-state index >= 15 is 0 Å². The fourth-order valence-electron chi connectivity index (χ4n) is 2.33. The number of carboxylic acid groups (broad SMARTS) is 2. The van der Waals surface area contributed by atoms with Gasteiger partial charge in [0, 0.05) is 26.2 Å². The van der Waals surface area contributed by atoms with Gasteiger partial charge in [0.25, 0.3) is 0 Å². The van der Waals surface area contributed by atoms with Crippen molar-refractivity contribution in [3.8, 4) is 0 Å². The van der Waals surface area contributed by atoms with Gasteiger partial charge < -0.3 is 25.3 Å². The first-order chi connectivity index (χ1) is 11.3. The van der Waals surface area contributed by atoms with Crippen LogP contribution in [0.5, 0.6) is 0 Å². The predicted octanol–water partition coefficient (Wildman–Crippen LogP) is 0.474. The number of nitrogens with zero attached hydrogens (tertiary/aromatic N) is 2. The molecule has 24 heavy (non-hydrogen) atoms. The van der Waals surface area contributed by atoms with E-state index in [9.17, 15) is 4.79 Å². The molecule has 140 valence electrons. The molecule has 3 N–H and O–H groups in total. The van der Waals surface area contributed by atoms with Crippen LogP contribution in [0.15, 0.2) is 0 Å². The van der Waals surface area contributed by atoms with Crippen molar-refractivity contribution in [3.05, 3.63) is 0 Å². The number of nitrogens with one attached hydrogen (secondary N) is 1. The van der Waals surface area contributed by atoms with E-state index in [4.69, 9.17) is 19.8 Å². The van der Waals surface area contributed by atoms with Crippen LogP contribution in [0.1, 0.15) is 39.0 Å². The van der Waals surface area contributed by atoms with Gasteiger partial charge in [0.2, 0.25) is 5.91 Å². The van der Waals surface area contributed by atoms with E-state index in [2.05, 4.69) is 10.2 Å². The Morgan fingerprint density at radius 3 is 1.88 bits per heavy atom. The highest BCUT2D eigenvalue weighted by Gasteiger charge is 2.20. The first kappa shape index (κ1) is 22.3. The molecule has 0 aromatic carbocycles. The first-order valence-corrected chi connectivity index (χ1v) is 8.38. The van der Waals surface area contributed by atoms with Gasteiger partial charge in [0.15, 0.2) is 0 Å². The van der Waals surface area contributed by atoms with Crippen molar-refractivity contribution in [3.63, 3.8) is 0 Å². The summed E-state index contributed by atoms with van der Waals surface area (Å²) in [6.07, 6.45) is 6.20. The topological polar surface area (TPSA) is 110 Å². The summed E-state index contributed by atoms with van der Waals surface area (Å²) in [7, 11) is 4.10. The highest BCUT2D eigenvalue weighted by atomic mass is 16.4. The lowest BCUT2D eigenvalue weighted by Gasteiger charge is -2.28. The standard InChI is InChI=1S/C14H29N3O.C2H2O4/c1-13(15-9-12-16(2)3)14(18)17-10-7-5-4-6-8-11-17;3-1(4)2(5)6/h13,15H,4-12H2,1-3H3;(H,3,4)(H,5,6). The molecule has 1 unspecified atom stereocenters. The minimum atomic E-state index is -1.82. The molecule has 1 aliphatic heterocycles. The van der Waals surface area contributed by atoms with E-state index < -0.39 is 11.9 Å². The van der Waals surface area contributed by atoms with Gasteiger partial charge in [-0.3, -0.25) is 4.79 Å². The Hall–Kier alpha value is -1.67. The lowest BCUT2D eigenvalue weighted by atomic mass is 10.1. The molecule has 1 saturated heterocycles. The molecule has 0 aromatic heterocycles. The van der Waals surface area contributed by atoms with Crippen LogP contribution < -0.4 is 5.32 Å². The second-order valence-electron chi connectivity index (χ2n) is 6.18. The number of likely N-dealkylation sites (tertiary alicyclic amines) is 1. The predicted molar refractivity (Wildman–Crippen MR) is 91.0 cm³/mol. The highest BCUT2D eigenvalue weighted by Crippen LogP contribution is 2.11. The summed E-state index contributed by atoms with van der Waals surface area (Å²) in [6.45, 7) is 5.71. The Labute approximate surface area is 143 Å². The molecular formula is C16H31N3O5. The van der Waals surface area contributed by atoms with Gasteiger partial charge in [-0.2, -0.15) is 0 Å².